The van der Waals surface area contributed by atoms with Gasteiger partial charge in [-0.25, -0.2) is 0 Å². The Kier molecular flexibility index (Phi) is 4.63. The highest BCUT2D eigenvalue weighted by Gasteiger charge is 2.19. The molecule has 0 amide bonds. The Morgan fingerprint density at radius 2 is 1.88 bits per heavy atom. The Morgan fingerprint density at radius 1 is 1.04 bits per heavy atom. The molecule has 4 rings (SSSR count). The quantitative estimate of drug-likeness (QED) is 0.783. The normalized spacial score (nSPS) is 17.3. The summed E-state index contributed by atoms with van der Waals surface area (Å²) in [4.78, 5) is 5.95. The second-order valence-electron chi connectivity index (χ2n) is 6.25. The molecule has 0 aliphatic carbocycles. The van der Waals surface area contributed by atoms with Crippen molar-refractivity contribution in [3.8, 4) is 11.4 Å². The molecule has 25 heavy (non-hydrogen) atoms. The van der Waals surface area contributed by atoms with E-state index in [1.807, 2.05) is 24.3 Å². The summed E-state index contributed by atoms with van der Waals surface area (Å²) in [7, 11) is 0. The zero-order valence-corrected chi connectivity index (χ0v) is 14.5. The Hall–Kier alpha value is -2.43. The van der Waals surface area contributed by atoms with Crippen molar-refractivity contribution in [2.24, 2.45) is 0 Å². The van der Waals surface area contributed by atoms with Crippen LogP contribution in [0.15, 0.2) is 65.2 Å². The lowest BCUT2D eigenvalue weighted by atomic mass is 10.00. The van der Waals surface area contributed by atoms with Gasteiger partial charge in [-0.2, -0.15) is 4.98 Å². The number of aromatic nitrogens is 2. The lowest BCUT2D eigenvalue weighted by Gasteiger charge is -2.22. The smallest absolute Gasteiger partial charge is 0.282 e. The van der Waals surface area contributed by atoms with Crippen LogP contribution in [0.3, 0.4) is 0 Å². The predicted octanol–water partition coefficient (Wildman–Crippen LogP) is 3.26. The summed E-state index contributed by atoms with van der Waals surface area (Å²) < 4.78 is 5.43. The fourth-order valence-electron chi connectivity index (χ4n) is 3.14. The van der Waals surface area contributed by atoms with Gasteiger partial charge in [0.25, 0.3) is 5.89 Å². The highest BCUT2D eigenvalue weighted by molar-refractivity contribution is 6.30. The molecule has 0 fully saturated rings. The fourth-order valence-corrected chi connectivity index (χ4v) is 3.33. The molecule has 0 saturated carbocycles. The zero-order valence-electron chi connectivity index (χ0n) is 13.8. The van der Waals surface area contributed by atoms with Gasteiger partial charge in [0.15, 0.2) is 6.54 Å². The van der Waals surface area contributed by atoms with Crippen LogP contribution in [-0.4, -0.2) is 23.2 Å². The average Bonchev–Trinajstić information content (AvgIpc) is 3.12. The second-order valence-corrected chi connectivity index (χ2v) is 6.68. The lowest BCUT2D eigenvalue weighted by Crippen LogP contribution is -3.11. The van der Waals surface area contributed by atoms with Crippen LogP contribution in [-0.2, 0) is 6.54 Å². The van der Waals surface area contributed by atoms with E-state index >= 15 is 0 Å². The number of hydrogen-bond acceptors (Lipinski definition) is 3. The van der Waals surface area contributed by atoms with Crippen molar-refractivity contribution in [3.05, 3.63) is 77.2 Å². The van der Waals surface area contributed by atoms with Crippen molar-refractivity contribution in [3.63, 3.8) is 0 Å². The van der Waals surface area contributed by atoms with Gasteiger partial charge in [0.2, 0.25) is 5.82 Å². The summed E-state index contributed by atoms with van der Waals surface area (Å²) in [5, 5.41) is 4.75. The van der Waals surface area contributed by atoms with Crippen LogP contribution < -0.4 is 4.90 Å². The summed E-state index contributed by atoms with van der Waals surface area (Å²) >= 11 is 6.02. The maximum absolute atomic E-state index is 6.02. The van der Waals surface area contributed by atoms with Gasteiger partial charge in [0.05, 0.1) is 13.1 Å². The largest absolute Gasteiger partial charge is 0.333 e. The van der Waals surface area contributed by atoms with Crippen molar-refractivity contribution in [1.29, 1.82) is 0 Å². The number of hydrogen-bond donors (Lipinski definition) is 1. The van der Waals surface area contributed by atoms with Crippen LogP contribution in [0.1, 0.15) is 17.9 Å². The van der Waals surface area contributed by atoms with Crippen molar-refractivity contribution < 1.29 is 9.42 Å². The van der Waals surface area contributed by atoms with E-state index in [4.69, 9.17) is 16.1 Å². The summed E-state index contributed by atoms with van der Waals surface area (Å²) in [6.45, 7) is 2.78. The number of nitrogens with one attached hydrogen (secondary N) is 1. The fraction of sp³-hybridized carbons (Fsp3) is 0.200. The van der Waals surface area contributed by atoms with Crippen LogP contribution in [0.25, 0.3) is 17.0 Å². The molecule has 1 aliphatic rings. The van der Waals surface area contributed by atoms with Gasteiger partial charge >= 0.3 is 0 Å². The molecule has 0 radical (unpaired) electrons. The molecule has 4 nitrogen and oxygen atoms in total. The third-order valence-corrected chi connectivity index (χ3v) is 4.72. The summed E-state index contributed by atoms with van der Waals surface area (Å²) in [5.41, 5.74) is 3.62. The molecule has 2 heterocycles. The molecule has 1 aliphatic heterocycles. The van der Waals surface area contributed by atoms with Gasteiger partial charge in [-0.05, 0) is 29.3 Å². The minimum absolute atomic E-state index is 0.592. The first-order valence-corrected chi connectivity index (χ1v) is 8.82. The lowest BCUT2D eigenvalue weighted by molar-refractivity contribution is -0.910. The maximum Gasteiger partial charge on any atom is 0.282 e. The second kappa shape index (κ2) is 7.21. The molecule has 3 aromatic rings. The first kappa shape index (κ1) is 16.1. The van der Waals surface area contributed by atoms with Gasteiger partial charge in [-0.3, -0.25) is 0 Å². The van der Waals surface area contributed by atoms with E-state index in [2.05, 4.69) is 46.5 Å². The van der Waals surface area contributed by atoms with Gasteiger partial charge in [0, 0.05) is 17.0 Å². The molecule has 0 bridgehead atoms. The topological polar surface area (TPSA) is 43.4 Å². The standard InChI is InChI=1S/C20H18ClN3O/c21-18-8-4-7-17(13-18)20-22-19(25-23-20)14-24-11-9-16(10-12-24)15-5-2-1-3-6-15/h1-9,13H,10-12,14H2/p+1. The molecule has 0 saturated heterocycles. The number of rotatable bonds is 4. The Balaban J connectivity index is 1.42. The number of quaternary nitrogens is 1. The average molecular weight is 353 g/mol. The van der Waals surface area contributed by atoms with Gasteiger partial charge in [0.1, 0.15) is 0 Å². The predicted molar refractivity (Wildman–Crippen MR) is 98.2 cm³/mol. The number of nitrogens with zero attached hydrogens (tertiary/aromatic N) is 2. The molecule has 1 atom stereocenters. The molecule has 5 heteroatoms. The third-order valence-electron chi connectivity index (χ3n) is 4.48. The van der Waals surface area contributed by atoms with Crippen molar-refractivity contribution in [2.75, 3.05) is 13.1 Å². The van der Waals surface area contributed by atoms with E-state index in [9.17, 15) is 0 Å². The Labute approximate surface area is 151 Å². The highest BCUT2D eigenvalue weighted by Crippen LogP contribution is 2.20. The highest BCUT2D eigenvalue weighted by atomic mass is 35.5. The minimum atomic E-state index is 0.592. The number of halogens is 1. The van der Waals surface area contributed by atoms with Crippen molar-refractivity contribution >= 4 is 17.2 Å². The molecule has 0 spiro atoms. The van der Waals surface area contributed by atoms with Crippen LogP contribution in [0.4, 0.5) is 0 Å². The number of benzene rings is 2. The van der Waals surface area contributed by atoms with Crippen LogP contribution in [0.2, 0.25) is 5.02 Å². The molecule has 126 valence electrons. The van der Waals surface area contributed by atoms with E-state index in [0.29, 0.717) is 16.7 Å². The molecular formula is C20H19ClN3O+. The van der Waals surface area contributed by atoms with E-state index in [1.165, 1.54) is 16.0 Å². The Bertz CT molecular complexity index is 889. The minimum Gasteiger partial charge on any atom is -0.333 e. The molecule has 1 unspecified atom stereocenters. The summed E-state index contributed by atoms with van der Waals surface area (Å²) in [6.07, 6.45) is 3.39. The monoisotopic (exact) mass is 352 g/mol. The first-order chi connectivity index (χ1) is 12.3. The first-order valence-electron chi connectivity index (χ1n) is 8.44. The Morgan fingerprint density at radius 3 is 2.64 bits per heavy atom. The summed E-state index contributed by atoms with van der Waals surface area (Å²) in [6, 6.07) is 18.1. The third kappa shape index (κ3) is 3.81. The van der Waals surface area contributed by atoms with E-state index in [0.717, 1.165) is 31.6 Å². The summed E-state index contributed by atoms with van der Waals surface area (Å²) in [5.74, 6) is 1.26. The molecule has 2 aromatic carbocycles. The van der Waals surface area contributed by atoms with Crippen molar-refractivity contribution in [1.82, 2.24) is 10.1 Å². The van der Waals surface area contributed by atoms with Gasteiger partial charge in [-0.15, -0.1) is 0 Å². The van der Waals surface area contributed by atoms with Crippen molar-refractivity contribution in [2.45, 2.75) is 13.0 Å². The van der Waals surface area contributed by atoms with E-state index < -0.39 is 0 Å². The molecule has 1 N–H and O–H groups in total. The van der Waals surface area contributed by atoms with Gasteiger partial charge < -0.3 is 9.42 Å². The van der Waals surface area contributed by atoms with Crippen LogP contribution in [0, 0.1) is 0 Å². The van der Waals surface area contributed by atoms with Crippen LogP contribution in [0.5, 0.6) is 0 Å². The maximum atomic E-state index is 6.02. The van der Waals surface area contributed by atoms with Crippen LogP contribution >= 0.6 is 11.6 Å². The zero-order chi connectivity index (χ0) is 17.1. The van der Waals surface area contributed by atoms with E-state index in [1.54, 1.807) is 0 Å². The molecule has 1 aromatic heterocycles. The van der Waals surface area contributed by atoms with E-state index in [-0.39, 0.29) is 0 Å². The molecular weight excluding hydrogens is 334 g/mol. The SMILES string of the molecule is Clc1cccc(-c2noc(C[NH+]3CC=C(c4ccccc4)CC3)n2)c1. The van der Waals surface area contributed by atoms with Gasteiger partial charge in [-0.1, -0.05) is 59.2 Å².